The number of pyridine rings is 1. The van der Waals surface area contributed by atoms with Crippen molar-refractivity contribution in [2.75, 3.05) is 6.54 Å². The monoisotopic (exact) mass is 416 g/mol. The van der Waals surface area contributed by atoms with E-state index in [2.05, 4.69) is 85.5 Å². The lowest BCUT2D eigenvalue weighted by Gasteiger charge is -2.27. The summed E-state index contributed by atoms with van der Waals surface area (Å²) in [6.07, 6.45) is 1.88. The Kier molecular flexibility index (Phi) is 4.73. The van der Waals surface area contributed by atoms with Crippen LogP contribution < -0.4 is 0 Å². The van der Waals surface area contributed by atoms with Gasteiger partial charge in [-0.15, -0.1) is 0 Å². The van der Waals surface area contributed by atoms with Gasteiger partial charge in [0.2, 0.25) is 0 Å². The highest BCUT2D eigenvalue weighted by molar-refractivity contribution is 8.14. The van der Waals surface area contributed by atoms with Crippen LogP contribution in [0.2, 0.25) is 0 Å². The molecule has 154 valence electrons. The largest absolute Gasteiger partial charge is 0.341 e. The molecule has 0 amide bonds. The number of aryl methyl sites for hydroxylation is 2. The second kappa shape index (κ2) is 7.31. The Labute approximate surface area is 183 Å². The number of hydrogen-bond acceptors (Lipinski definition) is 4. The zero-order chi connectivity index (χ0) is 21.0. The van der Waals surface area contributed by atoms with Gasteiger partial charge in [-0.3, -0.25) is 9.98 Å². The van der Waals surface area contributed by atoms with Gasteiger partial charge in [-0.2, -0.15) is 0 Å². The fraction of sp³-hybridized carbons (Fsp3) is 0.360. The van der Waals surface area contributed by atoms with E-state index in [9.17, 15) is 0 Å². The molecule has 1 fully saturated rings. The van der Waals surface area contributed by atoms with Crippen LogP contribution in [0.1, 0.15) is 52.8 Å². The van der Waals surface area contributed by atoms with Gasteiger partial charge in [0, 0.05) is 35.1 Å². The average molecular weight is 417 g/mol. The van der Waals surface area contributed by atoms with E-state index in [-0.39, 0.29) is 12.1 Å². The molecule has 2 aliphatic heterocycles. The maximum absolute atomic E-state index is 5.15. The molecule has 0 bridgehead atoms. The summed E-state index contributed by atoms with van der Waals surface area (Å²) in [7, 11) is 0. The summed E-state index contributed by atoms with van der Waals surface area (Å²) >= 11 is 1.89. The number of fused-ring (bicyclic) bond motifs is 1. The third-order valence-electron chi connectivity index (χ3n) is 6.49. The van der Waals surface area contributed by atoms with Gasteiger partial charge in [-0.25, -0.2) is 0 Å². The van der Waals surface area contributed by atoms with Gasteiger partial charge in [0.05, 0.1) is 11.7 Å². The van der Waals surface area contributed by atoms with Crippen molar-refractivity contribution in [2.24, 2.45) is 4.99 Å². The minimum atomic E-state index is 0.0359. The minimum absolute atomic E-state index is 0.0359. The quantitative estimate of drug-likeness (QED) is 0.549. The average Bonchev–Trinajstić information content (AvgIpc) is 3.35. The van der Waals surface area contributed by atoms with Crippen LogP contribution in [-0.2, 0) is 0 Å². The molecule has 5 heteroatoms. The second-order valence-corrected chi connectivity index (χ2v) is 9.92. The van der Waals surface area contributed by atoms with Crippen molar-refractivity contribution in [3.8, 4) is 5.69 Å². The third kappa shape index (κ3) is 2.99. The maximum atomic E-state index is 5.15. The Balaban J connectivity index is 1.65. The molecule has 0 unspecified atom stereocenters. The number of thioether (sulfide) groups is 1. The van der Waals surface area contributed by atoms with Gasteiger partial charge in [0.1, 0.15) is 6.04 Å². The molecule has 0 N–H and O–H groups in total. The molecule has 0 radical (unpaired) electrons. The molecular formula is C25H28N4S. The second-order valence-electron chi connectivity index (χ2n) is 8.52. The smallest absolute Gasteiger partial charge is 0.160 e. The molecule has 1 saturated heterocycles. The molecule has 0 spiro atoms. The van der Waals surface area contributed by atoms with Crippen LogP contribution in [0.25, 0.3) is 5.69 Å². The van der Waals surface area contributed by atoms with Gasteiger partial charge in [0.15, 0.2) is 5.17 Å². The predicted molar refractivity (Wildman–Crippen MR) is 126 cm³/mol. The molecule has 1 aromatic carbocycles. The molecule has 3 aromatic rings. The normalized spacial score (nSPS) is 23.0. The van der Waals surface area contributed by atoms with Gasteiger partial charge >= 0.3 is 0 Å². The van der Waals surface area contributed by atoms with Crippen molar-refractivity contribution >= 4 is 16.9 Å². The van der Waals surface area contributed by atoms with Crippen LogP contribution in [0.5, 0.6) is 0 Å². The van der Waals surface area contributed by atoms with Gasteiger partial charge in [0.25, 0.3) is 0 Å². The van der Waals surface area contributed by atoms with E-state index < -0.39 is 0 Å². The highest BCUT2D eigenvalue weighted by Crippen LogP contribution is 2.49. The standard InChI is InChI=1S/C25H28N4S/c1-15-9-8-11-22(18(15)4)29-16(2)13-20(19(29)5)24-23(21-10-6-7-12-26-21)27-25-28(24)14-17(3)30-25/h6-13,17,23-24H,14H2,1-5H3/t17-,23+,24-/m1/s1. The molecule has 5 rings (SSSR count). The lowest BCUT2D eigenvalue weighted by Crippen LogP contribution is -2.28. The topological polar surface area (TPSA) is 33.4 Å². The van der Waals surface area contributed by atoms with Gasteiger partial charge in [-0.05, 0) is 68.7 Å². The molecule has 2 aliphatic rings. The first-order valence-electron chi connectivity index (χ1n) is 10.6. The lowest BCUT2D eigenvalue weighted by atomic mass is 9.96. The summed E-state index contributed by atoms with van der Waals surface area (Å²) in [4.78, 5) is 12.3. The molecular weight excluding hydrogens is 388 g/mol. The summed E-state index contributed by atoms with van der Waals surface area (Å²) in [6.45, 7) is 12.2. The highest BCUT2D eigenvalue weighted by Gasteiger charge is 2.44. The van der Waals surface area contributed by atoms with Gasteiger partial charge < -0.3 is 9.47 Å². The van der Waals surface area contributed by atoms with Crippen molar-refractivity contribution in [2.45, 2.75) is 52.0 Å². The minimum Gasteiger partial charge on any atom is -0.341 e. The Hall–Kier alpha value is -2.53. The Bertz CT molecular complexity index is 1130. The van der Waals surface area contributed by atoms with Crippen molar-refractivity contribution in [3.05, 3.63) is 82.4 Å². The molecule has 0 saturated carbocycles. The molecule has 2 aromatic heterocycles. The van der Waals surface area contributed by atoms with Crippen LogP contribution in [-0.4, -0.2) is 31.4 Å². The Morgan fingerprint density at radius 3 is 2.63 bits per heavy atom. The van der Waals surface area contributed by atoms with E-state index >= 15 is 0 Å². The number of aliphatic imine (C=N–C) groups is 1. The summed E-state index contributed by atoms with van der Waals surface area (Å²) in [5.74, 6) is 0. The number of aromatic nitrogens is 2. The first-order chi connectivity index (χ1) is 14.5. The number of benzene rings is 1. The van der Waals surface area contributed by atoms with Crippen molar-refractivity contribution in [3.63, 3.8) is 0 Å². The van der Waals surface area contributed by atoms with Crippen molar-refractivity contribution in [1.82, 2.24) is 14.5 Å². The summed E-state index contributed by atoms with van der Waals surface area (Å²) in [6, 6.07) is 15.3. The van der Waals surface area contributed by atoms with Crippen molar-refractivity contribution < 1.29 is 0 Å². The zero-order valence-electron chi connectivity index (χ0n) is 18.3. The van der Waals surface area contributed by atoms with E-state index in [1.54, 1.807) is 0 Å². The van der Waals surface area contributed by atoms with E-state index in [0.717, 1.165) is 12.2 Å². The zero-order valence-corrected chi connectivity index (χ0v) is 19.1. The maximum Gasteiger partial charge on any atom is 0.160 e. The first-order valence-corrected chi connectivity index (χ1v) is 11.5. The van der Waals surface area contributed by atoms with E-state index in [4.69, 9.17) is 4.99 Å². The van der Waals surface area contributed by atoms with Crippen LogP contribution in [0, 0.1) is 27.7 Å². The molecule has 4 nitrogen and oxygen atoms in total. The first kappa shape index (κ1) is 19.4. The number of nitrogens with zero attached hydrogens (tertiary/aromatic N) is 4. The van der Waals surface area contributed by atoms with Crippen LogP contribution in [0.15, 0.2) is 53.7 Å². The number of hydrogen-bond donors (Lipinski definition) is 0. The lowest BCUT2D eigenvalue weighted by molar-refractivity contribution is 0.320. The fourth-order valence-corrected chi connectivity index (χ4v) is 5.98. The molecule has 3 atom stereocenters. The number of rotatable bonds is 3. The summed E-state index contributed by atoms with van der Waals surface area (Å²) < 4.78 is 2.41. The number of amidine groups is 1. The molecule has 4 heterocycles. The Morgan fingerprint density at radius 1 is 1.03 bits per heavy atom. The van der Waals surface area contributed by atoms with E-state index in [1.807, 2.05) is 24.0 Å². The van der Waals surface area contributed by atoms with E-state index in [0.29, 0.717) is 5.25 Å². The van der Waals surface area contributed by atoms with Gasteiger partial charge in [-0.1, -0.05) is 36.9 Å². The van der Waals surface area contributed by atoms with Crippen LogP contribution >= 0.6 is 11.8 Å². The SMILES string of the molecule is Cc1cccc(-n2c(C)cc([C@@H]3[C@H](c4ccccn4)N=C4S[C@H](C)CN43)c2C)c1C. The highest BCUT2D eigenvalue weighted by atomic mass is 32.2. The fourth-order valence-electron chi connectivity index (χ4n) is 4.89. The summed E-state index contributed by atoms with van der Waals surface area (Å²) in [5, 5.41) is 1.73. The summed E-state index contributed by atoms with van der Waals surface area (Å²) in [5.41, 5.74) is 8.91. The van der Waals surface area contributed by atoms with Crippen LogP contribution in [0.3, 0.4) is 0 Å². The third-order valence-corrected chi connectivity index (χ3v) is 7.59. The van der Waals surface area contributed by atoms with Crippen LogP contribution in [0.4, 0.5) is 0 Å². The predicted octanol–water partition coefficient (Wildman–Crippen LogP) is 5.70. The van der Waals surface area contributed by atoms with Crippen molar-refractivity contribution in [1.29, 1.82) is 0 Å². The van der Waals surface area contributed by atoms with E-state index in [1.165, 1.54) is 38.9 Å². The Morgan fingerprint density at radius 2 is 1.87 bits per heavy atom. The molecule has 30 heavy (non-hydrogen) atoms. The molecule has 0 aliphatic carbocycles.